The first-order chi connectivity index (χ1) is 18.0. The minimum atomic E-state index is -0.273. The van der Waals surface area contributed by atoms with Crippen LogP contribution in [0.25, 0.3) is 17.1 Å². The molecule has 0 radical (unpaired) electrons. The minimum Gasteiger partial charge on any atom is -0.493 e. The number of hydrazone groups is 1. The summed E-state index contributed by atoms with van der Waals surface area (Å²) < 4.78 is 18.4. The molecule has 1 amide bonds. The zero-order valence-electron chi connectivity index (χ0n) is 20.8. The van der Waals surface area contributed by atoms with Crippen molar-refractivity contribution in [2.45, 2.75) is 12.1 Å². The maximum atomic E-state index is 12.6. The number of para-hydroxylation sites is 1. The van der Waals surface area contributed by atoms with E-state index in [9.17, 15) is 4.79 Å². The Bertz CT molecular complexity index is 1370. The number of ether oxygens (including phenoxy) is 3. The number of amides is 1. The van der Waals surface area contributed by atoms with E-state index in [1.807, 2.05) is 59.2 Å². The molecule has 190 valence electrons. The molecule has 0 fully saturated rings. The van der Waals surface area contributed by atoms with E-state index in [1.54, 1.807) is 40.6 Å². The fourth-order valence-corrected chi connectivity index (χ4v) is 4.26. The van der Waals surface area contributed by atoms with Gasteiger partial charge >= 0.3 is 0 Å². The standard InChI is InChI=1S/C26H26N6O4S/c1-17(18-9-8-12-27-15-18)28-29-23(33)16-37-26-31-30-25(32(26)20-10-6-5-7-11-20)19-13-21(34-2)24(36-4)22(14-19)35-3/h5-15H,16H2,1-4H3,(H,29,33). The summed E-state index contributed by atoms with van der Waals surface area (Å²) in [5.41, 5.74) is 5.62. The van der Waals surface area contributed by atoms with E-state index in [4.69, 9.17) is 14.2 Å². The highest BCUT2D eigenvalue weighted by Gasteiger charge is 2.21. The highest BCUT2D eigenvalue weighted by molar-refractivity contribution is 7.99. The fourth-order valence-electron chi connectivity index (χ4n) is 3.52. The van der Waals surface area contributed by atoms with E-state index in [1.165, 1.54) is 11.8 Å². The molecule has 4 aromatic rings. The van der Waals surface area contributed by atoms with Crippen LogP contribution in [-0.4, -0.2) is 58.4 Å². The number of benzene rings is 2. The summed E-state index contributed by atoms with van der Waals surface area (Å²) in [4.78, 5) is 16.6. The Balaban J connectivity index is 1.62. The molecule has 37 heavy (non-hydrogen) atoms. The molecule has 0 aliphatic heterocycles. The number of rotatable bonds is 10. The van der Waals surface area contributed by atoms with E-state index in [0.29, 0.717) is 39.5 Å². The lowest BCUT2D eigenvalue weighted by molar-refractivity contribution is -0.118. The number of carbonyl (C=O) groups is 1. The number of thioether (sulfide) groups is 1. The number of hydrogen-bond donors (Lipinski definition) is 1. The number of carbonyl (C=O) groups excluding carboxylic acids is 1. The Morgan fingerprint density at radius 1 is 1.00 bits per heavy atom. The van der Waals surface area contributed by atoms with Crippen LogP contribution in [0.2, 0.25) is 0 Å². The number of aromatic nitrogens is 4. The summed E-state index contributed by atoms with van der Waals surface area (Å²) in [5.74, 6) is 1.84. The van der Waals surface area contributed by atoms with E-state index < -0.39 is 0 Å². The van der Waals surface area contributed by atoms with Crippen LogP contribution in [0.15, 0.2) is 77.2 Å². The van der Waals surface area contributed by atoms with Crippen LogP contribution in [0.5, 0.6) is 17.2 Å². The Kier molecular flexibility index (Phi) is 8.37. The lowest BCUT2D eigenvalue weighted by Gasteiger charge is -2.15. The maximum Gasteiger partial charge on any atom is 0.250 e. The number of pyridine rings is 1. The van der Waals surface area contributed by atoms with Crippen molar-refractivity contribution in [2.24, 2.45) is 5.10 Å². The summed E-state index contributed by atoms with van der Waals surface area (Å²) in [6.45, 7) is 1.81. The largest absolute Gasteiger partial charge is 0.493 e. The number of nitrogens with zero attached hydrogens (tertiary/aromatic N) is 5. The van der Waals surface area contributed by atoms with Crippen molar-refractivity contribution in [1.29, 1.82) is 0 Å². The highest BCUT2D eigenvalue weighted by atomic mass is 32.2. The van der Waals surface area contributed by atoms with Crippen LogP contribution in [0.1, 0.15) is 12.5 Å². The van der Waals surface area contributed by atoms with Gasteiger partial charge in [0.15, 0.2) is 22.5 Å². The molecule has 0 aliphatic carbocycles. The molecule has 4 rings (SSSR count). The molecule has 1 N–H and O–H groups in total. The predicted molar refractivity (Wildman–Crippen MR) is 142 cm³/mol. The summed E-state index contributed by atoms with van der Waals surface area (Å²) in [7, 11) is 4.66. The molecule has 0 saturated carbocycles. The van der Waals surface area contributed by atoms with Gasteiger partial charge in [0.1, 0.15) is 0 Å². The third kappa shape index (κ3) is 5.89. The van der Waals surface area contributed by atoms with Gasteiger partial charge in [-0.3, -0.25) is 14.3 Å². The van der Waals surface area contributed by atoms with E-state index in [-0.39, 0.29) is 11.7 Å². The molecule has 10 nitrogen and oxygen atoms in total. The lowest BCUT2D eigenvalue weighted by Crippen LogP contribution is -2.21. The zero-order chi connectivity index (χ0) is 26.2. The quantitative estimate of drug-likeness (QED) is 0.191. The Hall–Kier alpha value is -4.38. The van der Waals surface area contributed by atoms with E-state index in [0.717, 1.165) is 11.3 Å². The molecule has 0 spiro atoms. The first-order valence-electron chi connectivity index (χ1n) is 11.2. The molecule has 2 aromatic heterocycles. The second kappa shape index (κ2) is 12.0. The molecular weight excluding hydrogens is 492 g/mol. The zero-order valence-corrected chi connectivity index (χ0v) is 21.7. The highest BCUT2D eigenvalue weighted by Crippen LogP contribution is 2.41. The molecule has 0 bridgehead atoms. The molecule has 0 saturated heterocycles. The number of hydrogen-bond acceptors (Lipinski definition) is 9. The smallest absolute Gasteiger partial charge is 0.250 e. The Morgan fingerprint density at radius 3 is 2.35 bits per heavy atom. The van der Waals surface area contributed by atoms with Gasteiger partial charge in [0, 0.05) is 29.2 Å². The lowest BCUT2D eigenvalue weighted by atomic mass is 10.1. The van der Waals surface area contributed by atoms with Gasteiger partial charge in [0.2, 0.25) is 5.75 Å². The Morgan fingerprint density at radius 2 is 1.73 bits per heavy atom. The van der Waals surface area contributed by atoms with Gasteiger partial charge in [-0.25, -0.2) is 5.43 Å². The molecule has 2 aromatic carbocycles. The number of nitrogens with one attached hydrogen (secondary N) is 1. The van der Waals surface area contributed by atoms with Gasteiger partial charge in [-0.1, -0.05) is 36.0 Å². The summed E-state index contributed by atoms with van der Waals surface area (Å²) in [6, 6.07) is 17.0. The summed E-state index contributed by atoms with van der Waals surface area (Å²) in [5, 5.41) is 13.5. The van der Waals surface area contributed by atoms with Gasteiger partial charge in [0.25, 0.3) is 5.91 Å². The van der Waals surface area contributed by atoms with Crippen LogP contribution >= 0.6 is 11.8 Å². The average molecular weight is 519 g/mol. The van der Waals surface area contributed by atoms with Crippen LogP contribution in [0.3, 0.4) is 0 Å². The molecule has 0 unspecified atom stereocenters. The molecule has 11 heteroatoms. The van der Waals surface area contributed by atoms with Crippen LogP contribution < -0.4 is 19.6 Å². The van der Waals surface area contributed by atoms with E-state index in [2.05, 4.69) is 25.7 Å². The Labute approximate surface area is 218 Å². The number of methoxy groups -OCH3 is 3. The van der Waals surface area contributed by atoms with Gasteiger partial charge < -0.3 is 14.2 Å². The molecule has 0 aliphatic rings. The van der Waals surface area contributed by atoms with Crippen molar-refractivity contribution >= 4 is 23.4 Å². The van der Waals surface area contributed by atoms with Crippen molar-refractivity contribution in [3.63, 3.8) is 0 Å². The second-order valence-electron chi connectivity index (χ2n) is 7.65. The van der Waals surface area contributed by atoms with Crippen molar-refractivity contribution in [3.8, 4) is 34.3 Å². The normalized spacial score (nSPS) is 11.2. The third-order valence-corrected chi connectivity index (χ3v) is 6.26. The van der Waals surface area contributed by atoms with Gasteiger partial charge in [-0.15, -0.1) is 10.2 Å². The van der Waals surface area contributed by atoms with Crippen molar-refractivity contribution < 1.29 is 19.0 Å². The van der Waals surface area contributed by atoms with Gasteiger partial charge in [-0.2, -0.15) is 5.10 Å². The first kappa shape index (κ1) is 25.7. The van der Waals surface area contributed by atoms with E-state index >= 15 is 0 Å². The van der Waals surface area contributed by atoms with Crippen LogP contribution in [0, 0.1) is 0 Å². The maximum absolute atomic E-state index is 12.6. The van der Waals surface area contributed by atoms with Gasteiger partial charge in [-0.05, 0) is 37.3 Å². The predicted octanol–water partition coefficient (Wildman–Crippen LogP) is 3.99. The third-order valence-electron chi connectivity index (χ3n) is 5.33. The second-order valence-corrected chi connectivity index (χ2v) is 8.60. The first-order valence-corrected chi connectivity index (χ1v) is 12.2. The monoisotopic (exact) mass is 518 g/mol. The van der Waals surface area contributed by atoms with Crippen molar-refractivity contribution in [1.82, 2.24) is 25.2 Å². The fraction of sp³-hybridized carbons (Fsp3) is 0.192. The molecule has 2 heterocycles. The van der Waals surface area contributed by atoms with Crippen molar-refractivity contribution in [3.05, 3.63) is 72.6 Å². The average Bonchev–Trinajstić information content (AvgIpc) is 3.38. The molecular formula is C26H26N6O4S. The molecule has 0 atom stereocenters. The SMILES string of the molecule is COc1cc(-c2nnc(SCC(=O)NN=C(C)c3cccnc3)n2-c2ccccc2)cc(OC)c1OC. The van der Waals surface area contributed by atoms with Crippen molar-refractivity contribution in [2.75, 3.05) is 27.1 Å². The summed E-state index contributed by atoms with van der Waals surface area (Å²) >= 11 is 1.25. The summed E-state index contributed by atoms with van der Waals surface area (Å²) in [6.07, 6.45) is 3.37. The topological polar surface area (TPSA) is 113 Å². The van der Waals surface area contributed by atoms with Gasteiger partial charge in [0.05, 0.1) is 32.8 Å². The van der Waals surface area contributed by atoms with Crippen LogP contribution in [0.4, 0.5) is 0 Å². The minimum absolute atomic E-state index is 0.0873. The van der Waals surface area contributed by atoms with Crippen LogP contribution in [-0.2, 0) is 4.79 Å².